The lowest BCUT2D eigenvalue weighted by Crippen LogP contribution is -2.39. The fraction of sp³-hybridized carbons (Fsp3) is 0.643. The summed E-state index contributed by atoms with van der Waals surface area (Å²) in [5, 5.41) is 3.61. The van der Waals surface area contributed by atoms with Gasteiger partial charge in [0.1, 0.15) is 5.69 Å². The zero-order chi connectivity index (χ0) is 13.4. The number of nitrogens with one attached hydrogen (secondary N) is 1. The van der Waals surface area contributed by atoms with E-state index in [0.717, 1.165) is 36.2 Å². The van der Waals surface area contributed by atoms with Gasteiger partial charge in [0, 0.05) is 42.4 Å². The quantitative estimate of drug-likeness (QED) is 0.878. The van der Waals surface area contributed by atoms with Gasteiger partial charge in [-0.1, -0.05) is 0 Å². The first-order chi connectivity index (χ1) is 9.17. The molecule has 0 spiro atoms. The standard InChI is InChI=1S/C14H20BrN3O.ClH/c1-2-17-8-10(15)7-13(17)14(19)18-6-5-11-3-4-12(9-18)16-11;/h7-8,11-12,16H,2-6,9H2,1H3;1H. The van der Waals surface area contributed by atoms with Crippen LogP contribution in [0, 0.1) is 0 Å². The van der Waals surface area contributed by atoms with Crippen LogP contribution in [0.1, 0.15) is 36.7 Å². The Morgan fingerprint density at radius 3 is 2.90 bits per heavy atom. The molecule has 2 atom stereocenters. The molecule has 1 aromatic heterocycles. The molecular formula is C14H21BrClN3O. The van der Waals surface area contributed by atoms with Gasteiger partial charge in [0.25, 0.3) is 5.91 Å². The van der Waals surface area contributed by atoms with Gasteiger partial charge in [0.05, 0.1) is 0 Å². The first-order valence-electron chi connectivity index (χ1n) is 7.08. The Morgan fingerprint density at radius 2 is 2.15 bits per heavy atom. The van der Waals surface area contributed by atoms with Crippen molar-refractivity contribution in [3.8, 4) is 0 Å². The maximum absolute atomic E-state index is 12.7. The molecule has 3 heterocycles. The molecule has 2 unspecified atom stereocenters. The summed E-state index contributed by atoms with van der Waals surface area (Å²) < 4.78 is 3.00. The number of fused-ring (bicyclic) bond motifs is 2. The lowest BCUT2D eigenvalue weighted by atomic mass is 10.1. The van der Waals surface area contributed by atoms with E-state index in [-0.39, 0.29) is 18.3 Å². The van der Waals surface area contributed by atoms with Crippen LogP contribution in [-0.4, -0.2) is 40.5 Å². The van der Waals surface area contributed by atoms with Crippen molar-refractivity contribution in [3.63, 3.8) is 0 Å². The summed E-state index contributed by atoms with van der Waals surface area (Å²) in [5.41, 5.74) is 0.798. The number of amides is 1. The Balaban J connectivity index is 0.00000147. The zero-order valence-corrected chi connectivity index (χ0v) is 14.0. The summed E-state index contributed by atoms with van der Waals surface area (Å²) in [6.07, 6.45) is 5.53. The van der Waals surface area contributed by atoms with E-state index >= 15 is 0 Å². The zero-order valence-electron chi connectivity index (χ0n) is 11.6. The first kappa shape index (κ1) is 15.9. The van der Waals surface area contributed by atoms with Crippen LogP contribution in [0.4, 0.5) is 0 Å². The van der Waals surface area contributed by atoms with E-state index < -0.39 is 0 Å². The lowest BCUT2D eigenvalue weighted by molar-refractivity contribution is 0.0737. The van der Waals surface area contributed by atoms with Crippen molar-refractivity contribution in [2.75, 3.05) is 13.1 Å². The van der Waals surface area contributed by atoms with E-state index in [4.69, 9.17) is 0 Å². The van der Waals surface area contributed by atoms with Crippen molar-refractivity contribution < 1.29 is 4.79 Å². The average molecular weight is 363 g/mol. The molecule has 4 nitrogen and oxygen atoms in total. The van der Waals surface area contributed by atoms with Crippen LogP contribution in [0.2, 0.25) is 0 Å². The highest BCUT2D eigenvalue weighted by atomic mass is 79.9. The van der Waals surface area contributed by atoms with Gasteiger partial charge in [0.2, 0.25) is 0 Å². The molecular weight excluding hydrogens is 342 g/mol. The number of hydrogen-bond donors (Lipinski definition) is 1. The van der Waals surface area contributed by atoms with E-state index in [0.29, 0.717) is 12.1 Å². The third-order valence-corrected chi connectivity index (χ3v) is 4.67. The van der Waals surface area contributed by atoms with Gasteiger partial charge < -0.3 is 14.8 Å². The topological polar surface area (TPSA) is 37.3 Å². The highest BCUT2D eigenvalue weighted by Gasteiger charge is 2.32. The van der Waals surface area contributed by atoms with Gasteiger partial charge in [-0.3, -0.25) is 4.79 Å². The Kier molecular flexibility index (Phi) is 5.15. The third-order valence-electron chi connectivity index (χ3n) is 4.23. The largest absolute Gasteiger partial charge is 0.343 e. The monoisotopic (exact) mass is 361 g/mol. The minimum Gasteiger partial charge on any atom is -0.343 e. The predicted molar refractivity (Wildman–Crippen MR) is 85.5 cm³/mol. The van der Waals surface area contributed by atoms with Crippen molar-refractivity contribution in [3.05, 3.63) is 22.4 Å². The normalized spacial score (nSPS) is 25.2. The summed E-state index contributed by atoms with van der Waals surface area (Å²) in [6, 6.07) is 3.04. The number of rotatable bonds is 2. The number of carbonyl (C=O) groups excluding carboxylic acids is 1. The Bertz CT molecular complexity index is 491. The second-order valence-electron chi connectivity index (χ2n) is 5.51. The summed E-state index contributed by atoms with van der Waals surface area (Å²) in [6.45, 7) is 4.61. The molecule has 2 fully saturated rings. The first-order valence-corrected chi connectivity index (χ1v) is 7.87. The van der Waals surface area contributed by atoms with E-state index in [1.54, 1.807) is 0 Å². The summed E-state index contributed by atoms with van der Waals surface area (Å²) in [4.78, 5) is 14.7. The van der Waals surface area contributed by atoms with Crippen LogP contribution in [0.3, 0.4) is 0 Å². The van der Waals surface area contributed by atoms with Gasteiger partial charge in [-0.25, -0.2) is 0 Å². The molecule has 0 radical (unpaired) electrons. The van der Waals surface area contributed by atoms with Crippen molar-refractivity contribution in [1.29, 1.82) is 0 Å². The van der Waals surface area contributed by atoms with Crippen LogP contribution in [0.15, 0.2) is 16.7 Å². The SMILES string of the molecule is CCn1cc(Br)cc1C(=O)N1CCC2CCC(C1)N2.Cl. The van der Waals surface area contributed by atoms with Crippen molar-refractivity contribution in [2.45, 2.75) is 44.8 Å². The molecule has 3 rings (SSSR count). The summed E-state index contributed by atoms with van der Waals surface area (Å²) in [5.74, 6) is 0.168. The van der Waals surface area contributed by atoms with Crippen LogP contribution in [0.5, 0.6) is 0 Å². The van der Waals surface area contributed by atoms with E-state index in [1.165, 1.54) is 12.8 Å². The van der Waals surface area contributed by atoms with Crippen LogP contribution in [0.25, 0.3) is 0 Å². The minimum atomic E-state index is 0. The molecule has 6 heteroatoms. The van der Waals surface area contributed by atoms with Crippen molar-refractivity contribution in [1.82, 2.24) is 14.8 Å². The molecule has 0 aromatic carbocycles. The molecule has 0 saturated carbocycles. The van der Waals surface area contributed by atoms with Gasteiger partial charge in [-0.05, 0) is 48.2 Å². The van der Waals surface area contributed by atoms with Gasteiger partial charge in [-0.2, -0.15) is 0 Å². The summed E-state index contributed by atoms with van der Waals surface area (Å²) >= 11 is 3.46. The van der Waals surface area contributed by atoms with E-state index in [9.17, 15) is 4.79 Å². The van der Waals surface area contributed by atoms with Crippen molar-refractivity contribution in [2.24, 2.45) is 0 Å². The number of likely N-dealkylation sites (tertiary alicyclic amines) is 1. The Hall–Kier alpha value is -0.520. The molecule has 20 heavy (non-hydrogen) atoms. The molecule has 1 N–H and O–H groups in total. The average Bonchev–Trinajstić information content (AvgIpc) is 2.91. The fourth-order valence-corrected chi connectivity index (χ4v) is 3.67. The van der Waals surface area contributed by atoms with Gasteiger partial charge >= 0.3 is 0 Å². The molecule has 1 amide bonds. The van der Waals surface area contributed by atoms with E-state index in [1.807, 2.05) is 21.7 Å². The fourth-order valence-electron chi connectivity index (χ4n) is 3.20. The number of halogens is 2. The number of carbonyl (C=O) groups is 1. The lowest BCUT2D eigenvalue weighted by Gasteiger charge is -2.24. The highest BCUT2D eigenvalue weighted by Crippen LogP contribution is 2.23. The number of hydrogen-bond acceptors (Lipinski definition) is 2. The molecule has 2 saturated heterocycles. The molecule has 2 bridgehead atoms. The van der Waals surface area contributed by atoms with E-state index in [2.05, 4.69) is 28.2 Å². The number of aromatic nitrogens is 1. The predicted octanol–water partition coefficient (Wildman–Crippen LogP) is 2.66. The smallest absolute Gasteiger partial charge is 0.270 e. The third kappa shape index (κ3) is 3.05. The molecule has 1 aromatic rings. The number of nitrogens with zero attached hydrogens (tertiary/aromatic N) is 2. The Labute approximate surface area is 134 Å². The molecule has 0 aliphatic carbocycles. The molecule has 112 valence electrons. The second-order valence-corrected chi connectivity index (χ2v) is 6.42. The van der Waals surface area contributed by atoms with Crippen LogP contribution >= 0.6 is 28.3 Å². The minimum absolute atomic E-state index is 0. The molecule has 2 aliphatic rings. The maximum atomic E-state index is 12.7. The second kappa shape index (κ2) is 6.50. The highest BCUT2D eigenvalue weighted by molar-refractivity contribution is 9.10. The maximum Gasteiger partial charge on any atom is 0.270 e. The van der Waals surface area contributed by atoms with Crippen LogP contribution < -0.4 is 5.32 Å². The number of aryl methyl sites for hydroxylation is 1. The van der Waals surface area contributed by atoms with Gasteiger partial charge in [-0.15, -0.1) is 12.4 Å². The molecule has 2 aliphatic heterocycles. The van der Waals surface area contributed by atoms with Crippen molar-refractivity contribution >= 4 is 34.2 Å². The van der Waals surface area contributed by atoms with Gasteiger partial charge in [0.15, 0.2) is 0 Å². The van der Waals surface area contributed by atoms with Crippen LogP contribution in [-0.2, 0) is 6.54 Å². The summed E-state index contributed by atoms with van der Waals surface area (Å²) in [7, 11) is 0. The Morgan fingerprint density at radius 1 is 1.40 bits per heavy atom.